The SMILES string of the molecule is Cc1cnc(N)c(C[n+]2csc(CCO)c2C)c1. The second-order valence-corrected chi connectivity index (χ2v) is 5.33. The van der Waals surface area contributed by atoms with Gasteiger partial charge in [-0.05, 0) is 18.6 Å². The van der Waals surface area contributed by atoms with Gasteiger partial charge in [-0.15, -0.1) is 0 Å². The van der Waals surface area contributed by atoms with Gasteiger partial charge in [-0.2, -0.15) is 4.57 Å². The summed E-state index contributed by atoms with van der Waals surface area (Å²) in [5.74, 6) is 0.586. The number of pyridine rings is 1. The molecule has 96 valence electrons. The first-order valence-corrected chi connectivity index (χ1v) is 6.78. The van der Waals surface area contributed by atoms with Gasteiger partial charge in [-0.3, -0.25) is 0 Å². The van der Waals surface area contributed by atoms with Crippen molar-refractivity contribution < 1.29 is 9.67 Å². The van der Waals surface area contributed by atoms with Gasteiger partial charge in [0.25, 0.3) is 0 Å². The summed E-state index contributed by atoms with van der Waals surface area (Å²) in [6, 6.07) is 2.07. The van der Waals surface area contributed by atoms with E-state index in [0.29, 0.717) is 12.2 Å². The molecular weight excluding hydrogens is 246 g/mol. The number of nitrogens with zero attached hydrogens (tertiary/aromatic N) is 2. The summed E-state index contributed by atoms with van der Waals surface area (Å²) in [7, 11) is 0. The maximum absolute atomic E-state index is 8.99. The van der Waals surface area contributed by atoms with Crippen LogP contribution in [0.1, 0.15) is 21.7 Å². The van der Waals surface area contributed by atoms with E-state index in [1.165, 1.54) is 10.6 Å². The van der Waals surface area contributed by atoms with Crippen LogP contribution >= 0.6 is 11.3 Å². The topological polar surface area (TPSA) is 63.0 Å². The van der Waals surface area contributed by atoms with Gasteiger partial charge >= 0.3 is 0 Å². The number of aliphatic hydroxyl groups is 1. The molecule has 3 N–H and O–H groups in total. The Hall–Kier alpha value is -1.46. The van der Waals surface area contributed by atoms with Crippen LogP contribution < -0.4 is 10.3 Å². The Morgan fingerprint density at radius 1 is 1.44 bits per heavy atom. The predicted molar refractivity (Wildman–Crippen MR) is 72.5 cm³/mol. The van der Waals surface area contributed by atoms with E-state index in [4.69, 9.17) is 10.8 Å². The van der Waals surface area contributed by atoms with Crippen molar-refractivity contribution in [1.82, 2.24) is 4.98 Å². The molecule has 0 saturated carbocycles. The fraction of sp³-hybridized carbons (Fsp3) is 0.385. The molecule has 4 nitrogen and oxygen atoms in total. The predicted octanol–water partition coefficient (Wildman–Crippen LogP) is 1.21. The zero-order chi connectivity index (χ0) is 13.1. The Morgan fingerprint density at radius 3 is 2.94 bits per heavy atom. The van der Waals surface area contributed by atoms with Crippen LogP contribution in [-0.4, -0.2) is 16.7 Å². The molecule has 2 aromatic rings. The lowest BCUT2D eigenvalue weighted by atomic mass is 10.2. The van der Waals surface area contributed by atoms with Gasteiger partial charge < -0.3 is 10.8 Å². The third-order valence-corrected chi connectivity index (χ3v) is 4.12. The van der Waals surface area contributed by atoms with Crippen LogP contribution in [-0.2, 0) is 13.0 Å². The first-order valence-electron chi connectivity index (χ1n) is 5.90. The van der Waals surface area contributed by atoms with Gasteiger partial charge in [0, 0.05) is 26.1 Å². The Bertz CT molecular complexity index is 551. The molecule has 0 radical (unpaired) electrons. The lowest BCUT2D eigenvalue weighted by Crippen LogP contribution is -2.35. The van der Waals surface area contributed by atoms with Crippen molar-refractivity contribution in [2.75, 3.05) is 12.3 Å². The molecule has 0 unspecified atom stereocenters. The maximum Gasteiger partial charge on any atom is 0.225 e. The smallest absolute Gasteiger partial charge is 0.225 e. The van der Waals surface area contributed by atoms with E-state index >= 15 is 0 Å². The summed E-state index contributed by atoms with van der Waals surface area (Å²) in [4.78, 5) is 5.39. The lowest BCUT2D eigenvalue weighted by molar-refractivity contribution is -0.689. The molecule has 0 fully saturated rings. The minimum atomic E-state index is 0.190. The number of anilines is 1. The Kier molecular flexibility index (Phi) is 3.93. The van der Waals surface area contributed by atoms with Gasteiger partial charge in [0.1, 0.15) is 5.82 Å². The van der Waals surface area contributed by atoms with Crippen molar-refractivity contribution in [3.05, 3.63) is 39.5 Å². The number of nitrogens with two attached hydrogens (primary N) is 1. The van der Waals surface area contributed by atoms with E-state index in [-0.39, 0.29) is 6.61 Å². The zero-order valence-electron chi connectivity index (χ0n) is 10.7. The first kappa shape index (κ1) is 13.0. The maximum atomic E-state index is 8.99. The van der Waals surface area contributed by atoms with E-state index in [1.807, 2.05) is 6.92 Å². The molecular formula is C13H18N3OS+. The third kappa shape index (κ3) is 2.68. The van der Waals surface area contributed by atoms with Crippen molar-refractivity contribution >= 4 is 17.2 Å². The summed E-state index contributed by atoms with van der Waals surface area (Å²) in [5.41, 5.74) is 11.3. The number of hydrogen-bond donors (Lipinski definition) is 2. The molecule has 0 bridgehead atoms. The fourth-order valence-corrected chi connectivity index (χ4v) is 2.88. The molecule has 2 heterocycles. The van der Waals surface area contributed by atoms with Crippen LogP contribution in [0.4, 0.5) is 5.82 Å². The number of aliphatic hydroxyl groups excluding tert-OH is 1. The lowest BCUT2D eigenvalue weighted by Gasteiger charge is -2.02. The standard InChI is InChI=1S/C13H18N3OS/c1-9-5-11(13(14)15-6-9)7-16-8-18-12(3-4-17)10(16)2/h5-6,8,17H,3-4,7H2,1-2H3,(H2,14,15)/q+1. The largest absolute Gasteiger partial charge is 0.396 e. The summed E-state index contributed by atoms with van der Waals surface area (Å²) in [6.45, 7) is 5.00. The normalized spacial score (nSPS) is 10.8. The summed E-state index contributed by atoms with van der Waals surface area (Å²) >= 11 is 1.67. The number of rotatable bonds is 4. The van der Waals surface area contributed by atoms with E-state index in [2.05, 4.69) is 28.1 Å². The van der Waals surface area contributed by atoms with Crippen molar-refractivity contribution in [3.8, 4) is 0 Å². The molecule has 0 atom stereocenters. The molecule has 2 aromatic heterocycles. The molecule has 0 aliphatic carbocycles. The van der Waals surface area contributed by atoms with Crippen molar-refractivity contribution in [2.45, 2.75) is 26.8 Å². The summed E-state index contributed by atoms with van der Waals surface area (Å²) < 4.78 is 2.16. The number of aromatic nitrogens is 2. The summed E-state index contributed by atoms with van der Waals surface area (Å²) in [5, 5.41) is 8.99. The minimum Gasteiger partial charge on any atom is -0.396 e. The molecule has 0 amide bonds. The van der Waals surface area contributed by atoms with Crippen LogP contribution in [0.3, 0.4) is 0 Å². The van der Waals surface area contributed by atoms with Crippen molar-refractivity contribution in [1.29, 1.82) is 0 Å². The van der Waals surface area contributed by atoms with Crippen LogP contribution in [0.2, 0.25) is 0 Å². The van der Waals surface area contributed by atoms with Crippen LogP contribution in [0.25, 0.3) is 0 Å². The average molecular weight is 264 g/mol. The molecule has 0 spiro atoms. The minimum absolute atomic E-state index is 0.190. The first-order chi connectivity index (χ1) is 8.61. The molecule has 5 heteroatoms. The Labute approximate surface area is 111 Å². The van der Waals surface area contributed by atoms with Gasteiger partial charge in [-0.1, -0.05) is 11.3 Å². The van der Waals surface area contributed by atoms with Crippen LogP contribution in [0.15, 0.2) is 17.8 Å². The van der Waals surface area contributed by atoms with Crippen molar-refractivity contribution in [3.63, 3.8) is 0 Å². The van der Waals surface area contributed by atoms with Gasteiger partial charge in [0.05, 0.1) is 10.4 Å². The third-order valence-electron chi connectivity index (χ3n) is 2.97. The average Bonchev–Trinajstić information content (AvgIpc) is 2.67. The van der Waals surface area contributed by atoms with Crippen LogP contribution in [0, 0.1) is 13.8 Å². The van der Waals surface area contributed by atoms with E-state index in [1.54, 1.807) is 17.5 Å². The van der Waals surface area contributed by atoms with Gasteiger partial charge in [0.2, 0.25) is 5.51 Å². The quantitative estimate of drug-likeness (QED) is 0.816. The number of nitrogen functional groups attached to an aromatic ring is 1. The fourth-order valence-electron chi connectivity index (χ4n) is 1.90. The molecule has 2 rings (SSSR count). The highest BCUT2D eigenvalue weighted by atomic mass is 32.1. The van der Waals surface area contributed by atoms with Crippen molar-refractivity contribution in [2.24, 2.45) is 0 Å². The zero-order valence-corrected chi connectivity index (χ0v) is 11.5. The number of aryl methyl sites for hydroxylation is 1. The molecule has 0 aliphatic rings. The highest BCUT2D eigenvalue weighted by Gasteiger charge is 2.16. The Morgan fingerprint density at radius 2 is 2.22 bits per heavy atom. The Balaban J connectivity index is 2.26. The number of hydrogen-bond acceptors (Lipinski definition) is 4. The highest BCUT2D eigenvalue weighted by molar-refractivity contribution is 7.09. The van der Waals surface area contributed by atoms with E-state index in [0.717, 1.165) is 17.7 Å². The molecule has 0 aliphatic heterocycles. The van der Waals surface area contributed by atoms with E-state index in [9.17, 15) is 0 Å². The highest BCUT2D eigenvalue weighted by Crippen LogP contribution is 2.14. The molecule has 18 heavy (non-hydrogen) atoms. The second kappa shape index (κ2) is 5.46. The molecule has 0 aromatic carbocycles. The van der Waals surface area contributed by atoms with Gasteiger partial charge in [-0.25, -0.2) is 4.98 Å². The summed E-state index contributed by atoms with van der Waals surface area (Å²) in [6.07, 6.45) is 2.49. The number of thiazole rings is 1. The van der Waals surface area contributed by atoms with Crippen LogP contribution in [0.5, 0.6) is 0 Å². The van der Waals surface area contributed by atoms with Gasteiger partial charge in [0.15, 0.2) is 12.2 Å². The monoisotopic (exact) mass is 264 g/mol. The second-order valence-electron chi connectivity index (χ2n) is 4.39. The molecule has 0 saturated heterocycles. The van der Waals surface area contributed by atoms with E-state index < -0.39 is 0 Å².